The van der Waals surface area contributed by atoms with Crippen LogP contribution in [-0.2, 0) is 16.1 Å². The van der Waals surface area contributed by atoms with Gasteiger partial charge in [-0.25, -0.2) is 4.79 Å². The van der Waals surface area contributed by atoms with Gasteiger partial charge in [0.25, 0.3) is 5.91 Å². The Balaban J connectivity index is 1.37. The Bertz CT molecular complexity index is 999. The highest BCUT2D eigenvalue weighted by atomic mass is 16.5. The van der Waals surface area contributed by atoms with Gasteiger partial charge in [0.15, 0.2) is 5.76 Å². The van der Waals surface area contributed by atoms with Gasteiger partial charge in [0.1, 0.15) is 18.2 Å². The Morgan fingerprint density at radius 3 is 2.48 bits per heavy atom. The molecule has 0 saturated carbocycles. The van der Waals surface area contributed by atoms with Crippen LogP contribution in [0.3, 0.4) is 0 Å². The molecule has 8 heteroatoms. The number of nitrogens with one attached hydrogen (secondary N) is 2. The van der Waals surface area contributed by atoms with Gasteiger partial charge in [-0.2, -0.15) is 0 Å². The summed E-state index contributed by atoms with van der Waals surface area (Å²) >= 11 is 0. The predicted molar refractivity (Wildman–Crippen MR) is 115 cm³/mol. The minimum absolute atomic E-state index is 0.121. The third-order valence-corrected chi connectivity index (χ3v) is 4.70. The standard InChI is InChI=1S/C23H25N3O5/c24-21(27)18(26-22(28)20-14-17-10-4-5-12-19(17)31-20)11-6-7-13-25-23(29)30-15-16-8-2-1-3-9-16/h1-5,8-10,12,14,18H,6-7,11,13,15H2,(H2,24,27)(H,25,29)(H,26,28)/t18-/m1/s1. The van der Waals surface area contributed by atoms with Crippen molar-refractivity contribution in [3.8, 4) is 0 Å². The fraction of sp³-hybridized carbons (Fsp3) is 0.261. The smallest absolute Gasteiger partial charge is 0.407 e. The molecule has 162 valence electrons. The second kappa shape index (κ2) is 10.8. The van der Waals surface area contributed by atoms with Crippen molar-refractivity contribution in [1.82, 2.24) is 10.6 Å². The Morgan fingerprint density at radius 1 is 1.00 bits per heavy atom. The van der Waals surface area contributed by atoms with E-state index in [4.69, 9.17) is 14.9 Å². The molecule has 3 amide bonds. The second-order valence-electron chi connectivity index (χ2n) is 7.06. The maximum atomic E-state index is 12.4. The highest BCUT2D eigenvalue weighted by molar-refractivity contribution is 5.98. The normalized spacial score (nSPS) is 11.6. The number of carbonyl (C=O) groups excluding carboxylic acids is 3. The summed E-state index contributed by atoms with van der Waals surface area (Å²) in [5.74, 6) is -1.00. The third kappa shape index (κ3) is 6.60. The van der Waals surface area contributed by atoms with Crippen molar-refractivity contribution in [3.05, 3.63) is 72.0 Å². The molecule has 0 bridgehead atoms. The molecule has 0 radical (unpaired) electrons. The summed E-state index contributed by atoms with van der Waals surface area (Å²) < 4.78 is 10.6. The van der Waals surface area contributed by atoms with Crippen molar-refractivity contribution in [2.24, 2.45) is 5.73 Å². The Hall–Kier alpha value is -3.81. The predicted octanol–water partition coefficient (Wildman–Crippen LogP) is 3.11. The van der Waals surface area contributed by atoms with Crippen LogP contribution >= 0.6 is 0 Å². The minimum atomic E-state index is -0.828. The molecule has 0 aliphatic rings. The van der Waals surface area contributed by atoms with E-state index < -0.39 is 23.9 Å². The zero-order chi connectivity index (χ0) is 22.1. The number of furan rings is 1. The molecular formula is C23H25N3O5. The van der Waals surface area contributed by atoms with E-state index in [1.165, 1.54) is 0 Å². The van der Waals surface area contributed by atoms with Gasteiger partial charge in [-0.15, -0.1) is 0 Å². The zero-order valence-electron chi connectivity index (χ0n) is 17.0. The van der Waals surface area contributed by atoms with Gasteiger partial charge in [0, 0.05) is 11.9 Å². The van der Waals surface area contributed by atoms with Gasteiger partial charge in [0.05, 0.1) is 0 Å². The molecule has 8 nitrogen and oxygen atoms in total. The lowest BCUT2D eigenvalue weighted by Gasteiger charge is -2.14. The largest absolute Gasteiger partial charge is 0.451 e. The van der Waals surface area contributed by atoms with Crippen molar-refractivity contribution < 1.29 is 23.5 Å². The maximum Gasteiger partial charge on any atom is 0.407 e. The fourth-order valence-electron chi connectivity index (χ4n) is 3.05. The van der Waals surface area contributed by atoms with Crippen molar-refractivity contribution in [2.75, 3.05) is 6.54 Å². The number of alkyl carbamates (subject to hydrolysis) is 1. The van der Waals surface area contributed by atoms with Crippen LogP contribution in [0.5, 0.6) is 0 Å². The summed E-state index contributed by atoms with van der Waals surface area (Å²) in [7, 11) is 0. The molecule has 4 N–H and O–H groups in total. The lowest BCUT2D eigenvalue weighted by atomic mass is 10.1. The lowest BCUT2D eigenvalue weighted by Crippen LogP contribution is -2.44. The first-order valence-electron chi connectivity index (χ1n) is 10.1. The quantitative estimate of drug-likeness (QED) is 0.432. The molecular weight excluding hydrogens is 398 g/mol. The number of nitrogens with two attached hydrogens (primary N) is 1. The summed E-state index contributed by atoms with van der Waals surface area (Å²) in [6, 6.07) is 17.4. The summed E-state index contributed by atoms with van der Waals surface area (Å²) in [6.07, 6.45) is 1.02. The second-order valence-corrected chi connectivity index (χ2v) is 7.06. The van der Waals surface area contributed by atoms with Crippen molar-refractivity contribution in [1.29, 1.82) is 0 Å². The summed E-state index contributed by atoms with van der Waals surface area (Å²) in [4.78, 5) is 35.9. The van der Waals surface area contributed by atoms with E-state index in [2.05, 4.69) is 10.6 Å². The summed E-state index contributed by atoms with van der Waals surface area (Å²) in [5.41, 5.74) is 6.92. The number of benzene rings is 2. The first-order chi connectivity index (χ1) is 15.0. The Morgan fingerprint density at radius 2 is 1.74 bits per heavy atom. The number of hydrogen-bond donors (Lipinski definition) is 3. The SMILES string of the molecule is NC(=O)[C@@H](CCCCNC(=O)OCc1ccccc1)NC(=O)c1cc2ccccc2o1. The van der Waals surface area contributed by atoms with Gasteiger partial charge in [-0.05, 0) is 37.0 Å². The fourth-order valence-corrected chi connectivity index (χ4v) is 3.05. The van der Waals surface area contributed by atoms with Crippen LogP contribution in [0.25, 0.3) is 11.0 Å². The molecule has 0 fully saturated rings. The average molecular weight is 423 g/mol. The van der Waals surface area contributed by atoms with Gasteiger partial charge in [-0.1, -0.05) is 48.5 Å². The van der Waals surface area contributed by atoms with Crippen molar-refractivity contribution >= 4 is 28.9 Å². The number of unbranched alkanes of at least 4 members (excludes halogenated alkanes) is 1. The van der Waals surface area contributed by atoms with E-state index in [1.54, 1.807) is 12.1 Å². The number of fused-ring (bicyclic) bond motifs is 1. The molecule has 1 atom stereocenters. The van der Waals surface area contributed by atoms with E-state index in [9.17, 15) is 14.4 Å². The molecule has 0 saturated heterocycles. The minimum Gasteiger partial charge on any atom is -0.451 e. The number of rotatable bonds is 10. The maximum absolute atomic E-state index is 12.4. The van der Waals surface area contributed by atoms with Gasteiger partial charge >= 0.3 is 6.09 Å². The molecule has 1 aromatic heterocycles. The number of ether oxygens (including phenoxy) is 1. The third-order valence-electron chi connectivity index (χ3n) is 4.70. The molecule has 0 spiro atoms. The van der Waals surface area contributed by atoms with Crippen LogP contribution in [-0.4, -0.2) is 30.5 Å². The molecule has 2 aromatic carbocycles. The van der Waals surface area contributed by atoms with Crippen LogP contribution in [0.2, 0.25) is 0 Å². The summed E-state index contributed by atoms with van der Waals surface area (Å²) in [6.45, 7) is 0.584. The monoisotopic (exact) mass is 423 g/mol. The zero-order valence-corrected chi connectivity index (χ0v) is 17.0. The number of para-hydroxylation sites is 1. The first kappa shape index (κ1) is 21.9. The van der Waals surface area contributed by atoms with Crippen molar-refractivity contribution in [3.63, 3.8) is 0 Å². The number of amides is 3. The molecule has 0 aliphatic carbocycles. The Kier molecular flexibility index (Phi) is 7.64. The van der Waals surface area contributed by atoms with Crippen LogP contribution in [0.15, 0.2) is 65.1 Å². The van der Waals surface area contributed by atoms with Crippen LogP contribution in [0.4, 0.5) is 4.79 Å². The van der Waals surface area contributed by atoms with E-state index in [0.29, 0.717) is 31.4 Å². The highest BCUT2D eigenvalue weighted by Gasteiger charge is 2.21. The van der Waals surface area contributed by atoms with E-state index in [-0.39, 0.29) is 12.4 Å². The van der Waals surface area contributed by atoms with Crippen LogP contribution < -0.4 is 16.4 Å². The molecule has 31 heavy (non-hydrogen) atoms. The van der Waals surface area contributed by atoms with Gasteiger partial charge < -0.3 is 25.5 Å². The van der Waals surface area contributed by atoms with Crippen LogP contribution in [0.1, 0.15) is 35.4 Å². The van der Waals surface area contributed by atoms with Gasteiger partial charge in [-0.3, -0.25) is 9.59 Å². The molecule has 0 aliphatic heterocycles. The van der Waals surface area contributed by atoms with Crippen molar-refractivity contribution in [2.45, 2.75) is 31.9 Å². The number of carbonyl (C=O) groups is 3. The highest BCUT2D eigenvalue weighted by Crippen LogP contribution is 2.18. The molecule has 1 heterocycles. The van der Waals surface area contributed by atoms with E-state index in [1.807, 2.05) is 48.5 Å². The average Bonchev–Trinajstić information content (AvgIpc) is 3.21. The molecule has 0 unspecified atom stereocenters. The molecule has 3 rings (SSSR count). The first-order valence-corrected chi connectivity index (χ1v) is 10.1. The molecule has 3 aromatic rings. The lowest BCUT2D eigenvalue weighted by molar-refractivity contribution is -0.120. The Labute approximate surface area is 179 Å². The number of hydrogen-bond acceptors (Lipinski definition) is 5. The van der Waals surface area contributed by atoms with E-state index in [0.717, 1.165) is 10.9 Å². The number of primary amides is 1. The van der Waals surface area contributed by atoms with Gasteiger partial charge in [0.2, 0.25) is 5.91 Å². The topological polar surface area (TPSA) is 124 Å². The van der Waals surface area contributed by atoms with E-state index >= 15 is 0 Å². The summed E-state index contributed by atoms with van der Waals surface area (Å²) in [5, 5.41) is 6.07. The van der Waals surface area contributed by atoms with Crippen LogP contribution in [0, 0.1) is 0 Å².